The third-order valence-corrected chi connectivity index (χ3v) is 8.38. The van der Waals surface area contributed by atoms with Gasteiger partial charge in [-0.3, -0.25) is 9.69 Å². The van der Waals surface area contributed by atoms with Crippen molar-refractivity contribution in [3.05, 3.63) is 30.5 Å². The van der Waals surface area contributed by atoms with Crippen LogP contribution in [0.25, 0.3) is 0 Å². The van der Waals surface area contributed by atoms with Crippen molar-refractivity contribution in [1.82, 2.24) is 20.0 Å². The first kappa shape index (κ1) is 29.0. The maximum Gasteiger partial charge on any atom is 0.407 e. The molecule has 14 nitrogen and oxygen atoms in total. The van der Waals surface area contributed by atoms with Crippen LogP contribution >= 0.6 is 0 Å². The van der Waals surface area contributed by atoms with Gasteiger partial charge in [0.25, 0.3) is 5.91 Å². The molecule has 41 heavy (non-hydrogen) atoms. The molecule has 4 aliphatic rings. The minimum absolute atomic E-state index is 0.0922. The zero-order valence-corrected chi connectivity index (χ0v) is 23.7. The summed E-state index contributed by atoms with van der Waals surface area (Å²) in [5.74, 6) is 0.616. The fraction of sp³-hybridized carbons (Fsp3) is 0.538. The Hall–Kier alpha value is -3.53. The van der Waals surface area contributed by atoms with E-state index in [-0.39, 0.29) is 68.4 Å². The Balaban J connectivity index is 1.40. The number of carbonyl (C=O) groups excluding carboxylic acids is 2. The van der Waals surface area contributed by atoms with Crippen LogP contribution in [0.3, 0.4) is 0 Å². The predicted molar refractivity (Wildman–Crippen MR) is 147 cm³/mol. The summed E-state index contributed by atoms with van der Waals surface area (Å²) in [6, 6.07) is 5.86. The highest BCUT2D eigenvalue weighted by atomic mass is 32.2. The molecule has 1 aliphatic carbocycles. The molecule has 6 rings (SSSR count). The van der Waals surface area contributed by atoms with Gasteiger partial charge in [0.15, 0.2) is 17.2 Å². The van der Waals surface area contributed by atoms with Crippen LogP contribution in [0.2, 0.25) is 0 Å². The number of ether oxygens (including phenoxy) is 4. The van der Waals surface area contributed by atoms with Gasteiger partial charge in [0.1, 0.15) is 6.10 Å². The SMILES string of the molecule is CC1(C)Oc2cnc3nc2N(C1=O)[C@H]1CC[C@@H](C1)OC(=O)NCCOCCOCCNS(=O)(=O)c1ccc(cc1)N3. The van der Waals surface area contributed by atoms with Gasteiger partial charge in [-0.1, -0.05) is 0 Å². The van der Waals surface area contributed by atoms with E-state index >= 15 is 0 Å². The van der Waals surface area contributed by atoms with Gasteiger partial charge < -0.3 is 29.6 Å². The van der Waals surface area contributed by atoms with E-state index in [1.807, 2.05) is 0 Å². The second-order valence-electron chi connectivity index (χ2n) is 10.4. The third-order valence-electron chi connectivity index (χ3n) is 6.91. The molecule has 1 aromatic heterocycles. The number of rotatable bonds is 0. The lowest BCUT2D eigenvalue weighted by Crippen LogP contribution is -2.56. The Kier molecular flexibility index (Phi) is 8.58. The van der Waals surface area contributed by atoms with Crippen molar-refractivity contribution >= 4 is 39.5 Å². The van der Waals surface area contributed by atoms with Crippen molar-refractivity contribution in [3.63, 3.8) is 0 Å². The Bertz CT molecular complexity index is 1370. The van der Waals surface area contributed by atoms with E-state index in [9.17, 15) is 18.0 Å². The number of nitrogens with one attached hydrogen (secondary N) is 3. The van der Waals surface area contributed by atoms with Gasteiger partial charge >= 0.3 is 6.09 Å². The van der Waals surface area contributed by atoms with E-state index in [1.54, 1.807) is 30.9 Å². The zero-order chi connectivity index (χ0) is 29.0. The molecule has 0 saturated heterocycles. The van der Waals surface area contributed by atoms with Crippen molar-refractivity contribution < 1.29 is 37.0 Å². The molecular weight excluding hydrogens is 556 g/mol. The molecule has 0 spiro atoms. The monoisotopic (exact) mass is 590 g/mol. The molecule has 0 radical (unpaired) electrons. The summed E-state index contributed by atoms with van der Waals surface area (Å²) in [6.07, 6.45) is 2.23. The quantitative estimate of drug-likeness (QED) is 0.382. The van der Waals surface area contributed by atoms with Crippen LogP contribution in [0, 0.1) is 0 Å². The lowest BCUT2D eigenvalue weighted by atomic mass is 10.0. The molecule has 1 aromatic carbocycles. The molecule has 6 bridgehead atoms. The number of hydrogen-bond acceptors (Lipinski definition) is 11. The molecule has 1 saturated carbocycles. The number of anilines is 3. The highest BCUT2D eigenvalue weighted by Crippen LogP contribution is 2.41. The Morgan fingerprint density at radius 3 is 2.49 bits per heavy atom. The number of alkyl carbamates (subject to hydrolysis) is 1. The first-order valence-electron chi connectivity index (χ1n) is 13.5. The van der Waals surface area contributed by atoms with Crippen molar-refractivity contribution in [2.75, 3.05) is 49.7 Å². The topological polar surface area (TPSA) is 170 Å². The second-order valence-corrected chi connectivity index (χ2v) is 12.1. The first-order valence-corrected chi connectivity index (χ1v) is 15.0. The number of hydrogen-bond donors (Lipinski definition) is 3. The van der Waals surface area contributed by atoms with Gasteiger partial charge in [-0.15, -0.1) is 0 Å². The Labute approximate surface area is 238 Å². The summed E-state index contributed by atoms with van der Waals surface area (Å²) < 4.78 is 50.2. The number of sulfonamides is 1. The molecule has 1 fully saturated rings. The molecule has 222 valence electrons. The summed E-state index contributed by atoms with van der Waals surface area (Å²) in [4.78, 5) is 36.5. The molecular formula is C26H34N6O8S. The van der Waals surface area contributed by atoms with Gasteiger partial charge in [-0.2, -0.15) is 4.98 Å². The maximum atomic E-state index is 13.5. The van der Waals surface area contributed by atoms with Crippen LogP contribution < -0.4 is 25.0 Å². The summed E-state index contributed by atoms with van der Waals surface area (Å²) in [7, 11) is -3.74. The van der Waals surface area contributed by atoms with E-state index in [2.05, 4.69) is 25.3 Å². The fourth-order valence-electron chi connectivity index (χ4n) is 4.89. The van der Waals surface area contributed by atoms with Crippen LogP contribution in [0.15, 0.2) is 35.4 Å². The van der Waals surface area contributed by atoms with Gasteiger partial charge in [-0.25, -0.2) is 22.9 Å². The van der Waals surface area contributed by atoms with E-state index in [1.165, 1.54) is 18.3 Å². The number of fused-ring (bicyclic) bond motifs is 14. The van der Waals surface area contributed by atoms with Crippen LogP contribution in [-0.2, 0) is 29.0 Å². The van der Waals surface area contributed by atoms with Crippen LogP contribution in [0.1, 0.15) is 33.1 Å². The average Bonchev–Trinajstić information content (AvgIpc) is 3.38. The lowest BCUT2D eigenvalue weighted by Gasteiger charge is -2.40. The molecule has 4 heterocycles. The minimum Gasteiger partial charge on any atom is -0.472 e. The van der Waals surface area contributed by atoms with Crippen LogP contribution in [0.4, 0.5) is 22.2 Å². The molecule has 0 unspecified atom stereocenters. The van der Waals surface area contributed by atoms with E-state index < -0.39 is 21.7 Å². The van der Waals surface area contributed by atoms with Gasteiger partial charge in [0.05, 0.1) is 37.5 Å². The normalized spacial score (nSPS) is 25.1. The van der Waals surface area contributed by atoms with Crippen molar-refractivity contribution in [3.8, 4) is 5.75 Å². The van der Waals surface area contributed by atoms with Crippen molar-refractivity contribution in [1.29, 1.82) is 0 Å². The van der Waals surface area contributed by atoms with Crippen LogP contribution in [0.5, 0.6) is 5.75 Å². The summed E-state index contributed by atoms with van der Waals surface area (Å²) in [5.41, 5.74) is -0.586. The summed E-state index contributed by atoms with van der Waals surface area (Å²) in [5, 5.41) is 5.73. The minimum atomic E-state index is -3.74. The third kappa shape index (κ3) is 6.86. The molecule has 2 aromatic rings. The standard InChI is InChI=1S/C26H34N6O8S/c1-26(2)23(33)32-18-5-6-19(15-18)39-25(34)27-9-11-37-13-14-38-12-10-29-41(35,36)20-7-3-17(4-8-20)30-24-28-16-21(40-26)22(32)31-24/h3-4,7-8,16,18-19,29H,5-6,9-15H2,1-2H3,(H,27,34)(H,28,30,31)/t18-,19-/m0/s1. The number of aromatic nitrogens is 2. The van der Waals surface area contributed by atoms with E-state index in [4.69, 9.17) is 18.9 Å². The van der Waals surface area contributed by atoms with Crippen molar-refractivity contribution in [2.45, 2.75) is 55.8 Å². The molecule has 15 heteroatoms. The Morgan fingerprint density at radius 2 is 1.73 bits per heavy atom. The zero-order valence-electron chi connectivity index (χ0n) is 22.9. The smallest absolute Gasteiger partial charge is 0.407 e. The number of benzene rings is 1. The summed E-state index contributed by atoms with van der Waals surface area (Å²) >= 11 is 0. The first-order chi connectivity index (χ1) is 19.6. The fourth-order valence-corrected chi connectivity index (χ4v) is 5.90. The predicted octanol–water partition coefficient (Wildman–Crippen LogP) is 1.70. The number of carbonyl (C=O) groups is 2. The maximum absolute atomic E-state index is 13.5. The molecule has 3 aliphatic heterocycles. The molecule has 2 amide bonds. The largest absolute Gasteiger partial charge is 0.472 e. The number of nitrogens with zero attached hydrogens (tertiary/aromatic N) is 3. The number of amides is 2. The lowest BCUT2D eigenvalue weighted by molar-refractivity contribution is -0.133. The Morgan fingerprint density at radius 1 is 1.00 bits per heavy atom. The summed E-state index contributed by atoms with van der Waals surface area (Å²) in [6.45, 7) is 4.72. The highest BCUT2D eigenvalue weighted by molar-refractivity contribution is 7.89. The van der Waals surface area contributed by atoms with Gasteiger partial charge in [0, 0.05) is 31.2 Å². The average molecular weight is 591 g/mol. The van der Waals surface area contributed by atoms with Gasteiger partial charge in [-0.05, 0) is 51.0 Å². The molecule has 2 atom stereocenters. The highest BCUT2D eigenvalue weighted by Gasteiger charge is 2.47. The van der Waals surface area contributed by atoms with Crippen molar-refractivity contribution in [2.24, 2.45) is 0 Å². The second kappa shape index (κ2) is 12.1. The van der Waals surface area contributed by atoms with E-state index in [0.29, 0.717) is 36.5 Å². The molecule has 3 N–H and O–H groups in total. The van der Waals surface area contributed by atoms with Gasteiger partial charge in [0.2, 0.25) is 16.0 Å². The van der Waals surface area contributed by atoms with Crippen LogP contribution in [-0.4, -0.2) is 87.7 Å². The van der Waals surface area contributed by atoms with E-state index in [0.717, 1.165) is 0 Å².